The lowest BCUT2D eigenvalue weighted by atomic mass is 10.0. The first-order chi connectivity index (χ1) is 9.20. The highest BCUT2D eigenvalue weighted by molar-refractivity contribution is 14.1. The van der Waals surface area contributed by atoms with E-state index in [2.05, 4.69) is 27.9 Å². The van der Waals surface area contributed by atoms with Crippen molar-refractivity contribution in [2.24, 2.45) is 0 Å². The number of hydrogen-bond acceptors (Lipinski definition) is 3. The fourth-order valence-corrected chi connectivity index (χ4v) is 3.17. The Kier molecular flexibility index (Phi) is 3.58. The van der Waals surface area contributed by atoms with Crippen molar-refractivity contribution >= 4 is 39.2 Å². The Morgan fingerprint density at radius 1 is 1.47 bits per heavy atom. The highest BCUT2D eigenvalue weighted by Gasteiger charge is 2.19. The second-order valence-corrected chi connectivity index (χ2v) is 5.69. The predicted molar refractivity (Wildman–Crippen MR) is 81.9 cm³/mol. The van der Waals surface area contributed by atoms with E-state index in [1.807, 2.05) is 6.92 Å². The molecule has 0 radical (unpaired) electrons. The summed E-state index contributed by atoms with van der Waals surface area (Å²) in [6.07, 6.45) is 0.817. The number of benzene rings is 1. The maximum Gasteiger partial charge on any atom is 0.125 e. The highest BCUT2D eigenvalue weighted by Crippen LogP contribution is 2.34. The van der Waals surface area contributed by atoms with Crippen LogP contribution in [0.1, 0.15) is 18.2 Å². The number of nitrogens with zero attached hydrogens (tertiary/aromatic N) is 1. The Hall–Kier alpha value is -0.950. The van der Waals surface area contributed by atoms with Crippen LogP contribution in [0.15, 0.2) is 12.1 Å². The SMILES string of the molecule is CCNc1c2c(nc3c(I)cc(F)cc13)CCOC2. The third-order valence-corrected chi connectivity index (χ3v) is 4.10. The van der Waals surface area contributed by atoms with Crippen LogP contribution in [-0.4, -0.2) is 18.1 Å². The van der Waals surface area contributed by atoms with E-state index >= 15 is 0 Å². The molecule has 1 aromatic carbocycles. The van der Waals surface area contributed by atoms with Crippen LogP contribution in [-0.2, 0) is 17.8 Å². The van der Waals surface area contributed by atoms with Gasteiger partial charge in [0.15, 0.2) is 0 Å². The van der Waals surface area contributed by atoms with Crippen molar-refractivity contribution in [2.45, 2.75) is 20.0 Å². The summed E-state index contributed by atoms with van der Waals surface area (Å²) in [5, 5.41) is 4.19. The van der Waals surface area contributed by atoms with Gasteiger partial charge in [0.1, 0.15) is 5.82 Å². The van der Waals surface area contributed by atoms with Crippen LogP contribution >= 0.6 is 22.6 Å². The van der Waals surface area contributed by atoms with Gasteiger partial charge in [0.2, 0.25) is 0 Å². The summed E-state index contributed by atoms with van der Waals surface area (Å²) in [6, 6.07) is 3.08. The molecular weight excluding hydrogens is 358 g/mol. The van der Waals surface area contributed by atoms with Gasteiger partial charge >= 0.3 is 0 Å². The number of aromatic nitrogens is 1. The van der Waals surface area contributed by atoms with Crippen molar-refractivity contribution < 1.29 is 9.13 Å². The minimum Gasteiger partial charge on any atom is -0.384 e. The molecule has 1 aliphatic heterocycles. The van der Waals surface area contributed by atoms with Gasteiger partial charge in [-0.2, -0.15) is 0 Å². The number of fused-ring (bicyclic) bond motifs is 2. The van der Waals surface area contributed by atoms with Crippen molar-refractivity contribution in [1.82, 2.24) is 4.98 Å². The largest absolute Gasteiger partial charge is 0.384 e. The van der Waals surface area contributed by atoms with Crippen LogP contribution in [0.2, 0.25) is 0 Å². The zero-order valence-corrected chi connectivity index (χ0v) is 12.8. The molecular formula is C14H14FIN2O. The van der Waals surface area contributed by atoms with Gasteiger partial charge in [0.05, 0.1) is 30.1 Å². The summed E-state index contributed by atoms with van der Waals surface area (Å²) >= 11 is 2.14. The number of nitrogens with one attached hydrogen (secondary N) is 1. The third kappa shape index (κ3) is 2.29. The first kappa shape index (κ1) is 13.1. The van der Waals surface area contributed by atoms with Gasteiger partial charge in [-0.15, -0.1) is 0 Å². The quantitative estimate of drug-likeness (QED) is 0.820. The van der Waals surface area contributed by atoms with Crippen molar-refractivity contribution in [3.05, 3.63) is 32.8 Å². The molecule has 0 unspecified atom stereocenters. The second kappa shape index (κ2) is 5.20. The summed E-state index contributed by atoms with van der Waals surface area (Å²) in [5.41, 5.74) is 3.99. The summed E-state index contributed by atoms with van der Waals surface area (Å²) in [4.78, 5) is 4.71. The topological polar surface area (TPSA) is 34.2 Å². The van der Waals surface area contributed by atoms with Gasteiger partial charge in [-0.3, -0.25) is 4.98 Å². The lowest BCUT2D eigenvalue weighted by Crippen LogP contribution is -2.15. The van der Waals surface area contributed by atoms with Gasteiger partial charge in [-0.05, 0) is 41.6 Å². The van der Waals surface area contributed by atoms with Gasteiger partial charge < -0.3 is 10.1 Å². The fourth-order valence-electron chi connectivity index (χ4n) is 2.46. The first-order valence-corrected chi connectivity index (χ1v) is 7.40. The van der Waals surface area contributed by atoms with Crippen LogP contribution in [0.5, 0.6) is 0 Å². The average molecular weight is 372 g/mol. The normalized spacial score (nSPS) is 14.5. The van der Waals surface area contributed by atoms with E-state index in [0.717, 1.165) is 44.4 Å². The highest BCUT2D eigenvalue weighted by atomic mass is 127. The molecule has 0 bridgehead atoms. The number of anilines is 1. The molecule has 0 saturated heterocycles. The Morgan fingerprint density at radius 3 is 3.11 bits per heavy atom. The maximum absolute atomic E-state index is 13.7. The maximum atomic E-state index is 13.7. The summed E-state index contributed by atoms with van der Waals surface area (Å²) in [5.74, 6) is -0.227. The molecule has 1 aromatic heterocycles. The number of pyridine rings is 1. The molecule has 0 fully saturated rings. The molecule has 3 rings (SSSR count). The van der Waals surface area contributed by atoms with E-state index in [4.69, 9.17) is 9.72 Å². The van der Waals surface area contributed by atoms with Crippen molar-refractivity contribution in [2.75, 3.05) is 18.5 Å². The summed E-state index contributed by atoms with van der Waals surface area (Å²) in [6.45, 7) is 4.08. The number of halogens is 2. The zero-order valence-electron chi connectivity index (χ0n) is 10.6. The molecule has 0 amide bonds. The smallest absolute Gasteiger partial charge is 0.125 e. The van der Waals surface area contributed by atoms with E-state index in [-0.39, 0.29) is 5.82 Å². The molecule has 1 aliphatic rings. The Balaban J connectivity index is 2.35. The summed E-state index contributed by atoms with van der Waals surface area (Å²) in [7, 11) is 0. The van der Waals surface area contributed by atoms with E-state index in [1.54, 1.807) is 6.07 Å². The monoisotopic (exact) mass is 372 g/mol. The van der Waals surface area contributed by atoms with Crippen LogP contribution in [0, 0.1) is 9.39 Å². The summed E-state index contributed by atoms with van der Waals surface area (Å²) < 4.78 is 20.0. The minimum absolute atomic E-state index is 0.227. The number of ether oxygens (including phenoxy) is 1. The zero-order chi connectivity index (χ0) is 13.4. The number of rotatable bonds is 2. The molecule has 100 valence electrons. The molecule has 3 nitrogen and oxygen atoms in total. The molecule has 0 aliphatic carbocycles. The molecule has 19 heavy (non-hydrogen) atoms. The van der Waals surface area contributed by atoms with Gasteiger partial charge in [-0.25, -0.2) is 4.39 Å². The van der Waals surface area contributed by atoms with Crippen LogP contribution < -0.4 is 5.32 Å². The van der Waals surface area contributed by atoms with Gasteiger partial charge in [0, 0.05) is 27.5 Å². The number of hydrogen-bond donors (Lipinski definition) is 1. The standard InChI is InChI=1S/C14H14FIN2O/c1-2-17-13-9-5-8(15)6-11(16)14(9)18-12-3-4-19-7-10(12)13/h5-6H,2-4,7H2,1H3,(H,17,18). The molecule has 0 spiro atoms. The lowest BCUT2D eigenvalue weighted by molar-refractivity contribution is 0.110. The van der Waals surface area contributed by atoms with Crippen LogP contribution in [0.25, 0.3) is 10.9 Å². The van der Waals surface area contributed by atoms with E-state index < -0.39 is 0 Å². The van der Waals surface area contributed by atoms with Crippen molar-refractivity contribution in [3.8, 4) is 0 Å². The predicted octanol–water partition coefficient (Wildman–Crippen LogP) is 3.48. The molecule has 5 heteroatoms. The van der Waals surface area contributed by atoms with E-state index in [0.29, 0.717) is 13.2 Å². The average Bonchev–Trinajstić information content (AvgIpc) is 2.40. The third-order valence-electron chi connectivity index (χ3n) is 3.28. The van der Waals surface area contributed by atoms with Crippen LogP contribution in [0.3, 0.4) is 0 Å². The Labute approximate surface area is 124 Å². The Bertz CT molecular complexity index is 645. The Morgan fingerprint density at radius 2 is 2.32 bits per heavy atom. The molecule has 2 aromatic rings. The van der Waals surface area contributed by atoms with Crippen molar-refractivity contribution in [3.63, 3.8) is 0 Å². The van der Waals surface area contributed by atoms with Gasteiger partial charge in [-0.1, -0.05) is 0 Å². The molecule has 2 heterocycles. The molecule has 0 saturated carbocycles. The minimum atomic E-state index is -0.227. The lowest BCUT2D eigenvalue weighted by Gasteiger charge is -2.22. The van der Waals surface area contributed by atoms with Crippen LogP contribution in [0.4, 0.5) is 10.1 Å². The van der Waals surface area contributed by atoms with Crippen molar-refractivity contribution in [1.29, 1.82) is 0 Å². The second-order valence-electron chi connectivity index (χ2n) is 4.53. The van der Waals surface area contributed by atoms with E-state index in [1.165, 1.54) is 6.07 Å². The fraction of sp³-hybridized carbons (Fsp3) is 0.357. The molecule has 0 atom stereocenters. The first-order valence-electron chi connectivity index (χ1n) is 6.32. The molecule has 1 N–H and O–H groups in total. The van der Waals surface area contributed by atoms with Gasteiger partial charge in [0.25, 0.3) is 0 Å². The van der Waals surface area contributed by atoms with E-state index in [9.17, 15) is 4.39 Å².